The number of aliphatic hydroxyl groups excluding tert-OH is 1. The van der Waals surface area contributed by atoms with Gasteiger partial charge in [0, 0.05) is 0 Å². The molecule has 0 spiro atoms. The van der Waals surface area contributed by atoms with E-state index in [1.807, 2.05) is 6.92 Å². The van der Waals surface area contributed by atoms with Crippen LogP contribution in [0.1, 0.15) is 13.3 Å². The molecule has 0 aromatic rings. The van der Waals surface area contributed by atoms with Gasteiger partial charge < -0.3 is 10.2 Å². The molecule has 0 saturated carbocycles. The Bertz CT molecular complexity index is 138. The van der Waals surface area contributed by atoms with E-state index in [0.717, 1.165) is 0 Å². The van der Waals surface area contributed by atoms with Gasteiger partial charge in [-0.15, -0.1) is 0 Å². The minimum absolute atomic E-state index is 0.0427. The van der Waals surface area contributed by atoms with Crippen molar-refractivity contribution in [3.8, 4) is 0 Å². The van der Waals surface area contributed by atoms with Crippen molar-refractivity contribution in [2.75, 3.05) is 0 Å². The Kier molecular flexibility index (Phi) is 1.92. The summed E-state index contributed by atoms with van der Waals surface area (Å²) >= 11 is 0. The van der Waals surface area contributed by atoms with Crippen LogP contribution in [-0.4, -0.2) is 28.5 Å². The highest BCUT2D eigenvalue weighted by Gasteiger charge is 2.32. The highest BCUT2D eigenvalue weighted by atomic mass is 16.4. The number of nitrogens with one attached hydrogen (secondary N) is 1. The highest BCUT2D eigenvalue weighted by Crippen LogP contribution is 2.17. The molecule has 0 aliphatic carbocycles. The number of carboxylic acid groups (broad SMARTS) is 1. The molecule has 0 aromatic heterocycles. The Morgan fingerprint density at radius 1 is 1.70 bits per heavy atom. The lowest BCUT2D eigenvalue weighted by Gasteiger charge is -2.05. The molecule has 1 heterocycles. The largest absolute Gasteiger partial charge is 0.480 e. The molecule has 1 rings (SSSR count). The molecule has 58 valence electrons. The van der Waals surface area contributed by atoms with Gasteiger partial charge in [-0.2, -0.15) is 0 Å². The third-order valence-corrected chi connectivity index (χ3v) is 1.82. The number of aliphatic carboxylic acids is 1. The Morgan fingerprint density at radius 3 is 2.50 bits per heavy atom. The molecule has 1 aliphatic heterocycles. The molecule has 0 bridgehead atoms. The summed E-state index contributed by atoms with van der Waals surface area (Å²) in [6.45, 7) is 1.82. The lowest BCUT2D eigenvalue weighted by atomic mass is 10.1. The molecular weight excluding hydrogens is 134 g/mol. The van der Waals surface area contributed by atoms with Crippen LogP contribution in [-0.2, 0) is 4.79 Å². The second-order valence-corrected chi connectivity index (χ2v) is 2.72. The first-order valence-electron chi connectivity index (χ1n) is 3.28. The monoisotopic (exact) mass is 145 g/mol. The molecule has 3 N–H and O–H groups in total. The summed E-state index contributed by atoms with van der Waals surface area (Å²) in [5, 5.41) is 20.1. The summed E-state index contributed by atoms with van der Waals surface area (Å²) in [5.74, 6) is -0.843. The molecule has 4 heteroatoms. The Morgan fingerprint density at radius 2 is 2.30 bits per heavy atom. The summed E-state index contributed by atoms with van der Waals surface area (Å²) in [6, 6.07) is -0.565. The maximum absolute atomic E-state index is 10.3. The molecular formula is C6H11NO3. The molecule has 4 nitrogen and oxygen atoms in total. The molecule has 1 fully saturated rings. The normalized spacial score (nSPS) is 40.0. The van der Waals surface area contributed by atoms with Crippen LogP contribution in [0.2, 0.25) is 0 Å². The fourth-order valence-electron chi connectivity index (χ4n) is 1.11. The zero-order chi connectivity index (χ0) is 7.72. The van der Waals surface area contributed by atoms with E-state index in [2.05, 4.69) is 5.32 Å². The smallest absolute Gasteiger partial charge is 0.320 e. The number of rotatable bonds is 1. The van der Waals surface area contributed by atoms with E-state index in [9.17, 15) is 4.79 Å². The van der Waals surface area contributed by atoms with Crippen molar-refractivity contribution in [3.63, 3.8) is 0 Å². The van der Waals surface area contributed by atoms with Crippen LogP contribution in [0, 0.1) is 5.92 Å². The van der Waals surface area contributed by atoms with E-state index in [0.29, 0.717) is 6.42 Å². The lowest BCUT2D eigenvalue weighted by Crippen LogP contribution is -2.35. The van der Waals surface area contributed by atoms with Gasteiger partial charge in [-0.3, -0.25) is 10.1 Å². The first kappa shape index (κ1) is 7.50. The molecule has 3 atom stereocenters. The van der Waals surface area contributed by atoms with E-state index >= 15 is 0 Å². The third-order valence-electron chi connectivity index (χ3n) is 1.82. The number of carbonyl (C=O) groups is 1. The van der Waals surface area contributed by atoms with Crippen molar-refractivity contribution in [3.05, 3.63) is 0 Å². The van der Waals surface area contributed by atoms with Gasteiger partial charge in [0.15, 0.2) is 0 Å². The predicted octanol–water partition coefficient (Wildman–Crippen LogP) is -0.613. The lowest BCUT2D eigenvalue weighted by molar-refractivity contribution is -0.139. The van der Waals surface area contributed by atoms with Gasteiger partial charge in [-0.05, 0) is 12.3 Å². The van der Waals surface area contributed by atoms with E-state index < -0.39 is 18.2 Å². The second-order valence-electron chi connectivity index (χ2n) is 2.72. The molecule has 3 unspecified atom stereocenters. The number of hydrogen-bond donors (Lipinski definition) is 3. The van der Waals surface area contributed by atoms with Crippen LogP contribution in [0.4, 0.5) is 0 Å². The molecule has 1 aliphatic rings. The quantitative estimate of drug-likeness (QED) is 0.460. The maximum Gasteiger partial charge on any atom is 0.320 e. The second kappa shape index (κ2) is 2.56. The molecule has 0 aromatic carbocycles. The first-order chi connectivity index (χ1) is 4.61. The zero-order valence-corrected chi connectivity index (χ0v) is 5.74. The van der Waals surface area contributed by atoms with Crippen molar-refractivity contribution in [2.45, 2.75) is 25.6 Å². The van der Waals surface area contributed by atoms with Gasteiger partial charge in [0.25, 0.3) is 0 Å². The molecule has 0 amide bonds. The fraction of sp³-hybridized carbons (Fsp3) is 0.833. The van der Waals surface area contributed by atoms with Gasteiger partial charge in [-0.1, -0.05) is 6.92 Å². The SMILES string of the molecule is CC1CC(C(=O)O)NC1O. The maximum atomic E-state index is 10.3. The topological polar surface area (TPSA) is 69.6 Å². The fourth-order valence-corrected chi connectivity index (χ4v) is 1.11. The van der Waals surface area contributed by atoms with Gasteiger partial charge in [0.1, 0.15) is 12.3 Å². The van der Waals surface area contributed by atoms with Crippen LogP contribution < -0.4 is 5.32 Å². The molecule has 0 radical (unpaired) electrons. The summed E-state index contributed by atoms with van der Waals surface area (Å²) in [7, 11) is 0. The number of hydrogen-bond acceptors (Lipinski definition) is 3. The first-order valence-corrected chi connectivity index (χ1v) is 3.28. The third kappa shape index (κ3) is 1.27. The van der Waals surface area contributed by atoms with Crippen LogP contribution in [0.15, 0.2) is 0 Å². The minimum atomic E-state index is -0.886. The van der Waals surface area contributed by atoms with E-state index in [1.165, 1.54) is 0 Å². The van der Waals surface area contributed by atoms with Crippen molar-refractivity contribution >= 4 is 5.97 Å². The van der Waals surface area contributed by atoms with Crippen molar-refractivity contribution in [2.24, 2.45) is 5.92 Å². The summed E-state index contributed by atoms with van der Waals surface area (Å²) in [6.07, 6.45) is -0.141. The predicted molar refractivity (Wildman–Crippen MR) is 34.3 cm³/mol. The van der Waals surface area contributed by atoms with Crippen molar-refractivity contribution < 1.29 is 15.0 Å². The van der Waals surface area contributed by atoms with E-state index in [4.69, 9.17) is 10.2 Å². The average molecular weight is 145 g/mol. The zero-order valence-electron chi connectivity index (χ0n) is 5.74. The van der Waals surface area contributed by atoms with E-state index in [-0.39, 0.29) is 5.92 Å². The molecule has 1 saturated heterocycles. The molecule has 10 heavy (non-hydrogen) atoms. The Hall–Kier alpha value is -0.610. The van der Waals surface area contributed by atoms with Crippen LogP contribution >= 0.6 is 0 Å². The van der Waals surface area contributed by atoms with Gasteiger partial charge in [-0.25, -0.2) is 0 Å². The summed E-state index contributed by atoms with van der Waals surface area (Å²) < 4.78 is 0. The van der Waals surface area contributed by atoms with Crippen molar-refractivity contribution in [1.29, 1.82) is 0 Å². The number of aliphatic hydroxyl groups is 1. The van der Waals surface area contributed by atoms with Gasteiger partial charge in [0.2, 0.25) is 0 Å². The highest BCUT2D eigenvalue weighted by molar-refractivity contribution is 5.73. The van der Waals surface area contributed by atoms with Crippen LogP contribution in [0.25, 0.3) is 0 Å². The summed E-state index contributed by atoms with van der Waals surface area (Å²) in [5.41, 5.74) is 0. The Balaban J connectivity index is 2.49. The minimum Gasteiger partial charge on any atom is -0.480 e. The van der Waals surface area contributed by atoms with E-state index in [1.54, 1.807) is 0 Å². The average Bonchev–Trinajstić information content (AvgIpc) is 2.13. The summed E-state index contributed by atoms with van der Waals surface area (Å²) in [4.78, 5) is 10.3. The standard InChI is InChI=1S/C6H11NO3/c1-3-2-4(6(9)10)7-5(3)8/h3-5,7-8H,2H2,1H3,(H,9,10). The van der Waals surface area contributed by atoms with Crippen molar-refractivity contribution in [1.82, 2.24) is 5.32 Å². The van der Waals surface area contributed by atoms with Gasteiger partial charge >= 0.3 is 5.97 Å². The Labute approximate surface area is 58.9 Å². The number of carboxylic acids is 1. The van der Waals surface area contributed by atoms with Crippen LogP contribution in [0.3, 0.4) is 0 Å². The van der Waals surface area contributed by atoms with Gasteiger partial charge in [0.05, 0.1) is 0 Å². The van der Waals surface area contributed by atoms with Crippen LogP contribution in [0.5, 0.6) is 0 Å².